The summed E-state index contributed by atoms with van der Waals surface area (Å²) in [6.45, 7) is 0. The Hall–Kier alpha value is -2.49. The highest BCUT2D eigenvalue weighted by molar-refractivity contribution is 6.34. The van der Waals surface area contributed by atoms with E-state index in [1.165, 1.54) is 24.1 Å². The van der Waals surface area contributed by atoms with Gasteiger partial charge in [0.15, 0.2) is 0 Å². The SMILES string of the molecule is COc1ccc2c(c1)NC(=O)/C2=C\c1cc2c([nH]1)CCCC2. The Kier molecular flexibility index (Phi) is 3.03. The molecular formula is C18H18N2O2. The monoisotopic (exact) mass is 294 g/mol. The minimum absolute atomic E-state index is 0.0594. The van der Waals surface area contributed by atoms with E-state index in [2.05, 4.69) is 16.4 Å². The molecule has 1 amide bonds. The minimum Gasteiger partial charge on any atom is -0.497 e. The minimum atomic E-state index is -0.0594. The number of rotatable bonds is 2. The molecule has 2 aliphatic rings. The summed E-state index contributed by atoms with van der Waals surface area (Å²) in [5, 5.41) is 2.90. The zero-order valence-corrected chi connectivity index (χ0v) is 12.5. The van der Waals surface area contributed by atoms with Gasteiger partial charge in [-0.2, -0.15) is 0 Å². The molecule has 1 aliphatic heterocycles. The molecule has 4 heteroatoms. The third-order valence-electron chi connectivity index (χ3n) is 4.45. The van der Waals surface area contributed by atoms with E-state index in [0.717, 1.165) is 35.5 Å². The second-order valence-electron chi connectivity index (χ2n) is 5.86. The number of fused-ring (bicyclic) bond motifs is 2. The lowest BCUT2D eigenvalue weighted by atomic mass is 9.98. The van der Waals surface area contributed by atoms with Crippen LogP contribution in [-0.4, -0.2) is 18.0 Å². The Morgan fingerprint density at radius 3 is 2.86 bits per heavy atom. The van der Waals surface area contributed by atoms with E-state index < -0.39 is 0 Å². The van der Waals surface area contributed by atoms with Crippen LogP contribution in [0.4, 0.5) is 5.69 Å². The fourth-order valence-corrected chi connectivity index (χ4v) is 3.31. The number of carbonyl (C=O) groups is 1. The summed E-state index contributed by atoms with van der Waals surface area (Å²) in [5.41, 5.74) is 6.18. The fraction of sp³-hybridized carbons (Fsp3) is 0.278. The van der Waals surface area contributed by atoms with Crippen LogP contribution in [0, 0.1) is 0 Å². The molecule has 2 heterocycles. The Labute approximate surface area is 129 Å². The molecule has 1 aromatic carbocycles. The first kappa shape index (κ1) is 13.2. The Bertz CT molecular complexity index is 763. The van der Waals surface area contributed by atoms with Gasteiger partial charge in [0, 0.05) is 23.0 Å². The van der Waals surface area contributed by atoms with Gasteiger partial charge in [0.2, 0.25) is 0 Å². The van der Waals surface area contributed by atoms with E-state index >= 15 is 0 Å². The van der Waals surface area contributed by atoms with Crippen LogP contribution in [0.15, 0.2) is 24.3 Å². The Balaban J connectivity index is 1.73. The number of methoxy groups -OCH3 is 1. The largest absolute Gasteiger partial charge is 0.497 e. The van der Waals surface area contributed by atoms with Gasteiger partial charge in [0.1, 0.15) is 5.75 Å². The van der Waals surface area contributed by atoms with Crippen LogP contribution in [-0.2, 0) is 17.6 Å². The standard InChI is InChI=1S/C18H18N2O2/c1-22-13-6-7-14-15(18(21)20-17(14)10-13)9-12-8-11-4-2-3-5-16(11)19-12/h6-10,19H,2-5H2,1H3,(H,20,21)/b15-9-. The molecule has 2 N–H and O–H groups in total. The first-order chi connectivity index (χ1) is 10.7. The molecular weight excluding hydrogens is 276 g/mol. The van der Waals surface area contributed by atoms with Crippen molar-refractivity contribution in [2.24, 2.45) is 0 Å². The number of nitrogens with one attached hydrogen (secondary N) is 2. The lowest BCUT2D eigenvalue weighted by Gasteiger charge is -2.08. The van der Waals surface area contributed by atoms with Crippen molar-refractivity contribution in [2.75, 3.05) is 12.4 Å². The molecule has 1 aliphatic carbocycles. The highest BCUT2D eigenvalue weighted by Crippen LogP contribution is 2.36. The Morgan fingerprint density at radius 1 is 1.18 bits per heavy atom. The van der Waals surface area contributed by atoms with Gasteiger partial charge in [-0.3, -0.25) is 4.79 Å². The van der Waals surface area contributed by atoms with Crippen LogP contribution in [0.5, 0.6) is 5.75 Å². The van der Waals surface area contributed by atoms with Crippen LogP contribution < -0.4 is 10.1 Å². The summed E-state index contributed by atoms with van der Waals surface area (Å²) in [6, 6.07) is 7.84. The third kappa shape index (κ3) is 2.11. The van der Waals surface area contributed by atoms with Gasteiger partial charge in [-0.25, -0.2) is 0 Å². The van der Waals surface area contributed by atoms with E-state index in [9.17, 15) is 4.79 Å². The molecule has 0 saturated carbocycles. The highest BCUT2D eigenvalue weighted by Gasteiger charge is 2.25. The maximum absolute atomic E-state index is 12.2. The number of hydrogen-bond donors (Lipinski definition) is 2. The van der Waals surface area contributed by atoms with E-state index in [1.807, 2.05) is 24.3 Å². The molecule has 2 aromatic rings. The molecule has 0 atom stereocenters. The maximum atomic E-state index is 12.2. The average molecular weight is 294 g/mol. The van der Waals surface area contributed by atoms with Gasteiger partial charge < -0.3 is 15.0 Å². The molecule has 1 aromatic heterocycles. The molecule has 0 spiro atoms. The lowest BCUT2D eigenvalue weighted by Crippen LogP contribution is -2.03. The zero-order valence-electron chi connectivity index (χ0n) is 12.5. The summed E-state index contributed by atoms with van der Waals surface area (Å²) in [4.78, 5) is 15.7. The van der Waals surface area contributed by atoms with Crippen molar-refractivity contribution < 1.29 is 9.53 Å². The Morgan fingerprint density at radius 2 is 2.05 bits per heavy atom. The summed E-state index contributed by atoms with van der Waals surface area (Å²) in [5.74, 6) is 0.687. The van der Waals surface area contributed by atoms with Crippen molar-refractivity contribution in [3.8, 4) is 5.75 Å². The van der Waals surface area contributed by atoms with Crippen LogP contribution in [0.1, 0.15) is 35.4 Å². The number of aryl methyl sites for hydroxylation is 2. The van der Waals surface area contributed by atoms with Crippen LogP contribution in [0.25, 0.3) is 11.6 Å². The van der Waals surface area contributed by atoms with E-state index in [4.69, 9.17) is 4.74 Å². The highest BCUT2D eigenvalue weighted by atomic mass is 16.5. The number of amides is 1. The number of aromatic amines is 1. The number of ether oxygens (including phenoxy) is 1. The first-order valence-corrected chi connectivity index (χ1v) is 7.67. The number of aromatic nitrogens is 1. The molecule has 0 radical (unpaired) electrons. The molecule has 22 heavy (non-hydrogen) atoms. The van der Waals surface area contributed by atoms with Crippen molar-refractivity contribution in [1.29, 1.82) is 0 Å². The summed E-state index contributed by atoms with van der Waals surface area (Å²) < 4.78 is 5.21. The second-order valence-corrected chi connectivity index (χ2v) is 5.86. The van der Waals surface area contributed by atoms with Gasteiger partial charge in [-0.05, 0) is 55.5 Å². The average Bonchev–Trinajstić information content (AvgIpc) is 3.08. The van der Waals surface area contributed by atoms with Crippen molar-refractivity contribution in [2.45, 2.75) is 25.7 Å². The molecule has 0 saturated heterocycles. The van der Waals surface area contributed by atoms with Gasteiger partial charge in [0.05, 0.1) is 18.4 Å². The topological polar surface area (TPSA) is 54.1 Å². The fourth-order valence-electron chi connectivity index (χ4n) is 3.31. The molecule has 0 unspecified atom stereocenters. The van der Waals surface area contributed by atoms with Gasteiger partial charge in [-0.1, -0.05) is 0 Å². The van der Waals surface area contributed by atoms with Gasteiger partial charge >= 0.3 is 0 Å². The van der Waals surface area contributed by atoms with Crippen molar-refractivity contribution >= 4 is 23.2 Å². The van der Waals surface area contributed by atoms with Crippen molar-refractivity contribution in [3.63, 3.8) is 0 Å². The number of hydrogen-bond acceptors (Lipinski definition) is 2. The van der Waals surface area contributed by atoms with Gasteiger partial charge in [0.25, 0.3) is 5.91 Å². The molecule has 112 valence electrons. The van der Waals surface area contributed by atoms with Gasteiger partial charge in [-0.15, -0.1) is 0 Å². The van der Waals surface area contributed by atoms with E-state index in [0.29, 0.717) is 5.57 Å². The number of carbonyl (C=O) groups excluding carboxylic acids is 1. The van der Waals surface area contributed by atoms with E-state index in [-0.39, 0.29) is 5.91 Å². The summed E-state index contributed by atoms with van der Waals surface area (Å²) >= 11 is 0. The smallest absolute Gasteiger partial charge is 0.256 e. The van der Waals surface area contributed by atoms with Crippen LogP contribution in [0.2, 0.25) is 0 Å². The van der Waals surface area contributed by atoms with Crippen molar-refractivity contribution in [3.05, 3.63) is 46.8 Å². The second kappa shape index (κ2) is 5.05. The summed E-state index contributed by atoms with van der Waals surface area (Å²) in [7, 11) is 1.62. The number of H-pyrrole nitrogens is 1. The third-order valence-corrected chi connectivity index (χ3v) is 4.45. The molecule has 0 bridgehead atoms. The predicted molar refractivity (Wildman–Crippen MR) is 86.9 cm³/mol. The normalized spacial score (nSPS) is 18.0. The predicted octanol–water partition coefficient (Wildman–Crippen LogP) is 3.39. The quantitative estimate of drug-likeness (QED) is 0.834. The first-order valence-electron chi connectivity index (χ1n) is 7.67. The van der Waals surface area contributed by atoms with Crippen LogP contribution >= 0.6 is 0 Å². The molecule has 0 fully saturated rings. The maximum Gasteiger partial charge on any atom is 0.256 e. The van der Waals surface area contributed by atoms with Crippen molar-refractivity contribution in [1.82, 2.24) is 4.98 Å². The number of benzene rings is 1. The van der Waals surface area contributed by atoms with Crippen LogP contribution in [0.3, 0.4) is 0 Å². The number of anilines is 1. The molecule has 4 rings (SSSR count). The zero-order chi connectivity index (χ0) is 15.1. The van der Waals surface area contributed by atoms with E-state index in [1.54, 1.807) is 7.11 Å². The molecule has 4 nitrogen and oxygen atoms in total. The lowest BCUT2D eigenvalue weighted by molar-refractivity contribution is -0.110. The summed E-state index contributed by atoms with van der Waals surface area (Å²) in [6.07, 6.45) is 6.69.